The van der Waals surface area contributed by atoms with Crippen LogP contribution in [0.1, 0.15) is 67.4 Å². The molecule has 9 rings (SSSR count). The molecule has 0 spiro atoms. The van der Waals surface area contributed by atoms with Gasteiger partial charge in [-0.15, -0.1) is 0 Å². The molecule has 0 bridgehead atoms. The quantitative estimate of drug-likeness (QED) is 0.104. The van der Waals surface area contributed by atoms with E-state index in [-0.39, 0.29) is 28.1 Å². The molecule has 396 valence electrons. The van der Waals surface area contributed by atoms with E-state index in [4.69, 9.17) is 34.8 Å². The fraction of sp³-hybridized carbons (Fsp3) is 0.111. The van der Waals surface area contributed by atoms with E-state index in [0.717, 1.165) is 20.5 Å². The van der Waals surface area contributed by atoms with Crippen molar-refractivity contribution in [2.45, 2.75) is 19.3 Å². The van der Waals surface area contributed by atoms with Gasteiger partial charge in [0.15, 0.2) is 0 Å². The summed E-state index contributed by atoms with van der Waals surface area (Å²) in [5.41, 5.74) is 2.24. The number of halogens is 11. The number of amides is 3. The van der Waals surface area contributed by atoms with Crippen LogP contribution >= 0.6 is 34.8 Å². The summed E-state index contributed by atoms with van der Waals surface area (Å²) in [7, 11) is 4.38. The van der Waals surface area contributed by atoms with Crippen LogP contribution in [0.5, 0.6) is 0 Å². The van der Waals surface area contributed by atoms with Crippen LogP contribution in [-0.4, -0.2) is 47.1 Å². The minimum absolute atomic E-state index is 0.150. The van der Waals surface area contributed by atoms with Crippen LogP contribution in [-0.2, 0) is 21.1 Å². The number of nitrogens with zero attached hydrogens (tertiary/aromatic N) is 6. The molecular formula is C54H40Cl3F8N9O3. The lowest BCUT2D eigenvalue weighted by molar-refractivity contribution is 0.100. The lowest BCUT2D eigenvalue weighted by atomic mass is 10.0. The second-order valence-electron chi connectivity index (χ2n) is 16.5. The van der Waals surface area contributed by atoms with Gasteiger partial charge in [-0.1, -0.05) is 89.4 Å². The molecule has 3 N–H and O–H groups in total. The molecule has 3 heterocycles. The van der Waals surface area contributed by atoms with Crippen LogP contribution in [0.25, 0.3) is 33.4 Å². The van der Waals surface area contributed by atoms with E-state index in [1.807, 2.05) is 24.3 Å². The molecule has 9 aromatic rings. The number of anilines is 3. The molecular weight excluding hydrogens is 1080 g/mol. The standard InChI is InChI=1S/2C18H13ClF3N3O.C18H14ClF2N3O/c1-25-9-14(16(24-25)17(21)22)18(26)23-15-7-6-12(20)8-13(15)10-2-4-11(19)5-3-10;1-25-9-14(16(24-25)17(21)22)18(26)23-15-6-5-12(20)8-13(15)10-3-2-4-11(19)7-10;1-24-10-14(16(23-24)17(20)21)18(25)22-15-5-3-2-4-13(15)11-6-8-12(19)9-7-11/h2*2-9,17H,1H3,(H,23,26);2-10,17H,1H3,(H,22,25). The SMILES string of the molecule is Cn1cc(C(=O)Nc2ccc(F)cc2-c2ccc(Cl)cc2)c(C(F)F)n1.Cn1cc(C(=O)Nc2ccc(F)cc2-c2cccc(Cl)c2)c(C(F)F)n1.Cn1cc(C(=O)Nc2ccccc2-c2ccc(Cl)cc2)c(C(F)F)n1. The molecule has 0 fully saturated rings. The van der Waals surface area contributed by atoms with Crippen molar-refractivity contribution < 1.29 is 49.5 Å². The van der Waals surface area contributed by atoms with Crippen molar-refractivity contribution in [1.29, 1.82) is 0 Å². The zero-order chi connectivity index (χ0) is 55.7. The predicted octanol–water partition coefficient (Wildman–Crippen LogP) is 15.1. The average Bonchev–Trinajstić information content (AvgIpc) is 4.12. The molecule has 0 radical (unpaired) electrons. The van der Waals surface area contributed by atoms with Gasteiger partial charge in [-0.2, -0.15) is 15.3 Å². The van der Waals surface area contributed by atoms with Crippen LogP contribution in [0.3, 0.4) is 0 Å². The Bertz CT molecular complexity index is 3570. The maximum atomic E-state index is 13.7. The number of carbonyl (C=O) groups excluding carboxylic acids is 3. The summed E-state index contributed by atoms with van der Waals surface area (Å²) in [6.07, 6.45) is -4.91. The minimum Gasteiger partial charge on any atom is -0.321 e. The number of nitrogens with one attached hydrogen (secondary N) is 3. The van der Waals surface area contributed by atoms with Crippen LogP contribution in [0.15, 0.2) is 152 Å². The molecule has 0 atom stereocenters. The first-order valence-electron chi connectivity index (χ1n) is 22.5. The van der Waals surface area contributed by atoms with Crippen LogP contribution < -0.4 is 16.0 Å². The third-order valence-electron chi connectivity index (χ3n) is 11.0. The normalized spacial score (nSPS) is 11.0. The summed E-state index contributed by atoms with van der Waals surface area (Å²) in [4.78, 5) is 37.4. The van der Waals surface area contributed by atoms with Crippen LogP contribution in [0.4, 0.5) is 52.2 Å². The molecule has 0 unspecified atom stereocenters. The summed E-state index contributed by atoms with van der Waals surface area (Å²) in [5.74, 6) is -3.15. The number of benzene rings is 6. The largest absolute Gasteiger partial charge is 0.321 e. The van der Waals surface area contributed by atoms with Crippen LogP contribution in [0.2, 0.25) is 15.1 Å². The van der Waals surface area contributed by atoms with Gasteiger partial charge in [0.25, 0.3) is 37.0 Å². The van der Waals surface area contributed by atoms with E-state index in [2.05, 4.69) is 31.2 Å². The van der Waals surface area contributed by atoms with Crippen molar-refractivity contribution in [3.63, 3.8) is 0 Å². The summed E-state index contributed by atoms with van der Waals surface area (Å²) in [6, 6.07) is 35.1. The van der Waals surface area contributed by atoms with E-state index >= 15 is 0 Å². The van der Waals surface area contributed by atoms with Gasteiger partial charge in [-0.3, -0.25) is 28.4 Å². The number of aryl methyl sites for hydroxylation is 3. The van der Waals surface area contributed by atoms with E-state index in [0.29, 0.717) is 43.0 Å². The number of hydrogen-bond acceptors (Lipinski definition) is 6. The summed E-state index contributed by atoms with van der Waals surface area (Å²) in [6.45, 7) is 0. The molecule has 0 aliphatic carbocycles. The first kappa shape index (κ1) is 56.4. The van der Waals surface area contributed by atoms with Gasteiger partial charge in [0.2, 0.25) is 0 Å². The van der Waals surface area contributed by atoms with Gasteiger partial charge in [0.1, 0.15) is 28.7 Å². The van der Waals surface area contributed by atoms with E-state index < -0.39 is 65.7 Å². The molecule has 12 nitrogen and oxygen atoms in total. The lowest BCUT2D eigenvalue weighted by Gasteiger charge is -2.12. The topological polar surface area (TPSA) is 141 Å². The highest BCUT2D eigenvalue weighted by Gasteiger charge is 2.26. The lowest BCUT2D eigenvalue weighted by Crippen LogP contribution is -2.14. The monoisotopic (exact) mass is 1120 g/mol. The third kappa shape index (κ3) is 14.3. The van der Waals surface area contributed by atoms with Crippen molar-refractivity contribution in [2.24, 2.45) is 21.1 Å². The zero-order valence-electron chi connectivity index (χ0n) is 40.2. The Balaban J connectivity index is 0.000000168. The molecule has 0 saturated carbocycles. The summed E-state index contributed by atoms with van der Waals surface area (Å²) in [5, 5.41) is 20.2. The molecule has 23 heteroatoms. The first-order valence-corrected chi connectivity index (χ1v) is 23.6. The maximum Gasteiger partial charge on any atom is 0.282 e. The molecule has 0 saturated heterocycles. The van der Waals surface area contributed by atoms with Crippen molar-refractivity contribution in [1.82, 2.24) is 29.3 Å². The minimum atomic E-state index is -2.89. The summed E-state index contributed by atoms with van der Waals surface area (Å²) >= 11 is 17.7. The molecule has 0 aliphatic heterocycles. The maximum absolute atomic E-state index is 13.7. The summed E-state index contributed by atoms with van der Waals surface area (Å²) < 4.78 is 109. The average molecular weight is 1120 g/mol. The Hall–Kier alpha value is -8.33. The third-order valence-corrected chi connectivity index (χ3v) is 11.7. The van der Waals surface area contributed by atoms with Crippen molar-refractivity contribution in [3.8, 4) is 33.4 Å². The number of rotatable bonds is 12. The highest BCUT2D eigenvalue weighted by Crippen LogP contribution is 2.34. The Kier molecular flexibility index (Phi) is 18.3. The zero-order valence-corrected chi connectivity index (χ0v) is 42.5. The number of aromatic nitrogens is 6. The second kappa shape index (κ2) is 25.0. The van der Waals surface area contributed by atoms with Gasteiger partial charge in [0.05, 0.1) is 16.7 Å². The van der Waals surface area contributed by atoms with Crippen molar-refractivity contribution >= 4 is 69.6 Å². The first-order chi connectivity index (χ1) is 36.6. The fourth-order valence-corrected chi connectivity index (χ4v) is 8.02. The number of para-hydroxylation sites is 1. The Labute approximate surface area is 448 Å². The van der Waals surface area contributed by atoms with Crippen LogP contribution in [0, 0.1) is 11.6 Å². The fourth-order valence-electron chi connectivity index (χ4n) is 7.58. The number of hydrogen-bond donors (Lipinski definition) is 3. The molecule has 6 aromatic carbocycles. The smallest absolute Gasteiger partial charge is 0.282 e. The van der Waals surface area contributed by atoms with Gasteiger partial charge < -0.3 is 16.0 Å². The van der Waals surface area contributed by atoms with E-state index in [1.165, 1.54) is 80.8 Å². The Morgan fingerprint density at radius 3 is 1.17 bits per heavy atom. The highest BCUT2D eigenvalue weighted by atomic mass is 35.5. The Morgan fingerprint density at radius 2 is 0.779 bits per heavy atom. The molecule has 3 amide bonds. The molecule has 3 aromatic heterocycles. The molecule has 77 heavy (non-hydrogen) atoms. The number of carbonyl (C=O) groups is 3. The van der Waals surface area contributed by atoms with Gasteiger partial charge in [0, 0.05) is 88.6 Å². The van der Waals surface area contributed by atoms with Crippen molar-refractivity contribution in [2.75, 3.05) is 16.0 Å². The highest BCUT2D eigenvalue weighted by molar-refractivity contribution is 6.31. The van der Waals surface area contributed by atoms with Gasteiger partial charge in [-0.25, -0.2) is 35.1 Å². The van der Waals surface area contributed by atoms with Crippen molar-refractivity contribution in [3.05, 3.63) is 213 Å². The van der Waals surface area contributed by atoms with E-state index in [9.17, 15) is 49.5 Å². The second-order valence-corrected chi connectivity index (χ2v) is 17.8. The number of alkyl halides is 6. The van der Waals surface area contributed by atoms with Gasteiger partial charge in [-0.05, 0) is 95.6 Å². The Morgan fingerprint density at radius 1 is 0.416 bits per heavy atom. The van der Waals surface area contributed by atoms with Gasteiger partial charge >= 0.3 is 0 Å². The van der Waals surface area contributed by atoms with E-state index in [1.54, 1.807) is 72.8 Å². The molecule has 0 aliphatic rings. The predicted molar refractivity (Wildman–Crippen MR) is 279 cm³/mol.